The molecule has 2 aliphatic rings. The molecule has 15 heavy (non-hydrogen) atoms. The van der Waals surface area contributed by atoms with Crippen LogP contribution in [0, 0.1) is 0 Å². The number of hydrogen-bond acceptors (Lipinski definition) is 5. The molecule has 0 N–H and O–H groups in total. The van der Waals surface area contributed by atoms with Crippen molar-refractivity contribution in [3.63, 3.8) is 0 Å². The van der Waals surface area contributed by atoms with Gasteiger partial charge in [-0.15, -0.1) is 0 Å². The average Bonchev–Trinajstić information content (AvgIpc) is 2.71. The van der Waals surface area contributed by atoms with E-state index in [2.05, 4.69) is 4.74 Å². The summed E-state index contributed by atoms with van der Waals surface area (Å²) in [5.74, 6) is -0.406. The number of rotatable bonds is 2. The zero-order valence-corrected chi connectivity index (χ0v) is 9.59. The molecule has 0 aromatic carbocycles. The predicted molar refractivity (Wildman–Crippen MR) is 52.1 cm³/mol. The summed E-state index contributed by atoms with van der Waals surface area (Å²) < 4.78 is 32.8. The largest absolute Gasteiger partial charge is 0.467 e. The van der Waals surface area contributed by atoms with E-state index < -0.39 is 27.0 Å². The standard InChI is InChI=1S/C9H14O5S/c1-3-9(7(10)13-2)8(14-9)4-5-15(11,12)6-8/h3-6H2,1-2H3. The minimum atomic E-state index is -3.05. The Morgan fingerprint density at radius 1 is 1.53 bits per heavy atom. The summed E-state index contributed by atoms with van der Waals surface area (Å²) in [6.07, 6.45) is 0.855. The van der Waals surface area contributed by atoms with Gasteiger partial charge in [0.2, 0.25) is 0 Å². The molecule has 2 aliphatic heterocycles. The lowest BCUT2D eigenvalue weighted by Crippen LogP contribution is -2.35. The van der Waals surface area contributed by atoms with E-state index in [1.165, 1.54) is 7.11 Å². The molecule has 2 atom stereocenters. The highest BCUT2D eigenvalue weighted by molar-refractivity contribution is 7.91. The molecular weight excluding hydrogens is 220 g/mol. The molecule has 2 unspecified atom stereocenters. The Morgan fingerprint density at radius 2 is 2.20 bits per heavy atom. The lowest BCUT2D eigenvalue weighted by atomic mass is 9.90. The maximum Gasteiger partial charge on any atom is 0.341 e. The third-order valence-corrected chi connectivity index (χ3v) is 5.08. The fourth-order valence-corrected chi connectivity index (χ4v) is 4.39. The van der Waals surface area contributed by atoms with Crippen molar-refractivity contribution in [1.29, 1.82) is 0 Å². The van der Waals surface area contributed by atoms with Crippen molar-refractivity contribution in [2.75, 3.05) is 18.6 Å². The van der Waals surface area contributed by atoms with Crippen LogP contribution in [0.1, 0.15) is 19.8 Å². The molecule has 0 radical (unpaired) electrons. The number of methoxy groups -OCH3 is 1. The highest BCUT2D eigenvalue weighted by atomic mass is 32.2. The molecule has 0 aromatic rings. The average molecular weight is 234 g/mol. The van der Waals surface area contributed by atoms with Gasteiger partial charge < -0.3 is 9.47 Å². The minimum Gasteiger partial charge on any atom is -0.467 e. The van der Waals surface area contributed by atoms with Gasteiger partial charge in [0.25, 0.3) is 0 Å². The molecule has 2 fully saturated rings. The van der Waals surface area contributed by atoms with Crippen molar-refractivity contribution < 1.29 is 22.7 Å². The molecule has 6 heteroatoms. The van der Waals surface area contributed by atoms with Gasteiger partial charge in [0.15, 0.2) is 15.4 Å². The van der Waals surface area contributed by atoms with E-state index in [1.807, 2.05) is 0 Å². The van der Waals surface area contributed by atoms with Crippen LogP contribution in [-0.4, -0.2) is 44.2 Å². The van der Waals surface area contributed by atoms with Crippen molar-refractivity contribution in [1.82, 2.24) is 0 Å². The van der Waals surface area contributed by atoms with Crippen LogP contribution in [0.2, 0.25) is 0 Å². The van der Waals surface area contributed by atoms with E-state index in [1.54, 1.807) is 6.92 Å². The maximum absolute atomic E-state index is 11.6. The van der Waals surface area contributed by atoms with Gasteiger partial charge in [-0.3, -0.25) is 0 Å². The Balaban J connectivity index is 2.26. The SMILES string of the molecule is CCC1(C(=O)OC)OC12CCS(=O)(=O)C2. The highest BCUT2D eigenvalue weighted by Crippen LogP contribution is 2.57. The van der Waals surface area contributed by atoms with Crippen molar-refractivity contribution >= 4 is 15.8 Å². The first-order valence-corrected chi connectivity index (χ1v) is 6.72. The molecule has 1 spiro atoms. The fourth-order valence-electron chi connectivity index (χ4n) is 2.46. The third kappa shape index (κ3) is 1.31. The van der Waals surface area contributed by atoms with E-state index in [0.717, 1.165) is 0 Å². The Kier molecular flexibility index (Phi) is 2.14. The van der Waals surface area contributed by atoms with Gasteiger partial charge in [0.1, 0.15) is 5.60 Å². The summed E-state index contributed by atoms with van der Waals surface area (Å²) in [7, 11) is -1.76. The summed E-state index contributed by atoms with van der Waals surface area (Å²) in [5, 5.41) is 0. The van der Waals surface area contributed by atoms with E-state index >= 15 is 0 Å². The number of esters is 1. The van der Waals surface area contributed by atoms with Crippen LogP contribution in [0.25, 0.3) is 0 Å². The second kappa shape index (κ2) is 2.95. The lowest BCUT2D eigenvalue weighted by molar-refractivity contribution is -0.147. The third-order valence-electron chi connectivity index (χ3n) is 3.35. The second-order valence-corrected chi connectivity index (χ2v) is 6.29. The van der Waals surface area contributed by atoms with Crippen LogP contribution in [0.5, 0.6) is 0 Å². The fraction of sp³-hybridized carbons (Fsp3) is 0.889. The Labute approximate surface area is 88.7 Å². The molecule has 2 rings (SSSR count). The number of carbonyl (C=O) groups excluding carboxylic acids is 1. The van der Waals surface area contributed by atoms with Crippen LogP contribution >= 0.6 is 0 Å². The normalized spacial score (nSPS) is 41.7. The first-order chi connectivity index (χ1) is 6.91. The van der Waals surface area contributed by atoms with Gasteiger partial charge in [-0.2, -0.15) is 0 Å². The molecule has 86 valence electrons. The summed E-state index contributed by atoms with van der Waals surface area (Å²) in [6.45, 7) is 1.80. The first kappa shape index (κ1) is 10.9. The van der Waals surface area contributed by atoms with Gasteiger partial charge in [-0.25, -0.2) is 13.2 Å². The summed E-state index contributed by atoms with van der Waals surface area (Å²) in [5.41, 5.74) is -1.81. The number of sulfone groups is 1. The Morgan fingerprint density at radius 3 is 2.60 bits per heavy atom. The van der Waals surface area contributed by atoms with Gasteiger partial charge in [-0.05, 0) is 12.8 Å². The van der Waals surface area contributed by atoms with Crippen LogP contribution in [-0.2, 0) is 24.1 Å². The monoisotopic (exact) mass is 234 g/mol. The Bertz CT molecular complexity index is 401. The predicted octanol–water partition coefficient (Wildman–Crippen LogP) is -0.104. The Hall–Kier alpha value is -0.620. The van der Waals surface area contributed by atoms with E-state index in [0.29, 0.717) is 12.8 Å². The quantitative estimate of drug-likeness (QED) is 0.492. The van der Waals surface area contributed by atoms with Gasteiger partial charge in [-0.1, -0.05) is 6.92 Å². The second-order valence-electron chi connectivity index (χ2n) is 4.11. The smallest absolute Gasteiger partial charge is 0.341 e. The molecule has 0 aliphatic carbocycles. The summed E-state index contributed by atoms with van der Waals surface area (Å²) in [6, 6.07) is 0. The zero-order valence-electron chi connectivity index (χ0n) is 8.78. The molecule has 0 amide bonds. The molecule has 0 bridgehead atoms. The van der Waals surface area contributed by atoms with Crippen LogP contribution in [0.4, 0.5) is 0 Å². The highest BCUT2D eigenvalue weighted by Gasteiger charge is 2.77. The van der Waals surface area contributed by atoms with Gasteiger partial charge >= 0.3 is 5.97 Å². The van der Waals surface area contributed by atoms with Crippen molar-refractivity contribution in [2.45, 2.75) is 31.0 Å². The van der Waals surface area contributed by atoms with E-state index in [-0.39, 0.29) is 11.5 Å². The molecule has 0 aromatic heterocycles. The van der Waals surface area contributed by atoms with Gasteiger partial charge in [0.05, 0.1) is 18.6 Å². The molecule has 2 saturated heterocycles. The first-order valence-electron chi connectivity index (χ1n) is 4.90. The lowest BCUT2D eigenvalue weighted by Gasteiger charge is -2.10. The topological polar surface area (TPSA) is 73.0 Å². The van der Waals surface area contributed by atoms with Crippen LogP contribution in [0.3, 0.4) is 0 Å². The van der Waals surface area contributed by atoms with Crippen molar-refractivity contribution in [3.05, 3.63) is 0 Å². The number of hydrogen-bond donors (Lipinski definition) is 0. The van der Waals surface area contributed by atoms with Crippen molar-refractivity contribution in [2.24, 2.45) is 0 Å². The molecule has 0 saturated carbocycles. The van der Waals surface area contributed by atoms with E-state index in [4.69, 9.17) is 4.74 Å². The maximum atomic E-state index is 11.6. The summed E-state index contributed by atoms with van der Waals surface area (Å²) in [4.78, 5) is 11.6. The molecular formula is C9H14O5S. The summed E-state index contributed by atoms with van der Waals surface area (Å²) >= 11 is 0. The van der Waals surface area contributed by atoms with Crippen LogP contribution in [0.15, 0.2) is 0 Å². The molecule has 2 heterocycles. The van der Waals surface area contributed by atoms with Crippen LogP contribution < -0.4 is 0 Å². The minimum absolute atomic E-state index is 0.0526. The number of ether oxygens (including phenoxy) is 2. The van der Waals surface area contributed by atoms with Crippen molar-refractivity contribution in [3.8, 4) is 0 Å². The number of epoxide rings is 1. The number of carbonyl (C=O) groups is 1. The van der Waals surface area contributed by atoms with Gasteiger partial charge in [0, 0.05) is 0 Å². The van der Waals surface area contributed by atoms with E-state index in [9.17, 15) is 13.2 Å². The zero-order chi connectivity index (χ0) is 11.3. The molecule has 5 nitrogen and oxygen atoms in total.